The number of benzene rings is 1. The Labute approximate surface area is 113 Å². The number of sulfonamides is 1. The average molecular weight is 300 g/mol. The number of nitrogens with zero attached hydrogens (tertiary/aromatic N) is 1. The molecule has 1 heterocycles. The summed E-state index contributed by atoms with van der Waals surface area (Å²) in [4.78, 5) is 3.70. The molecule has 9 heteroatoms. The minimum absolute atomic E-state index is 0.0718. The van der Waals surface area contributed by atoms with Gasteiger partial charge in [-0.1, -0.05) is 0 Å². The molecule has 0 aliphatic rings. The van der Waals surface area contributed by atoms with E-state index in [0.717, 1.165) is 18.2 Å². The van der Waals surface area contributed by atoms with Crippen molar-refractivity contribution in [3.63, 3.8) is 0 Å². The van der Waals surface area contributed by atoms with Crippen molar-refractivity contribution >= 4 is 21.4 Å². The Morgan fingerprint density at radius 3 is 2.55 bits per heavy atom. The van der Waals surface area contributed by atoms with Crippen LogP contribution in [-0.4, -0.2) is 13.4 Å². The fraction of sp³-hybridized carbons (Fsp3) is 0. The van der Waals surface area contributed by atoms with E-state index >= 15 is 0 Å². The largest absolute Gasteiger partial charge is 0.321 e. The SMILES string of the molecule is NNc1cccnc1S(=O)(=O)Nc1ccc(F)c(F)c1. The zero-order valence-electron chi connectivity index (χ0n) is 9.97. The number of nitrogens with one attached hydrogen (secondary N) is 2. The second-order valence-electron chi connectivity index (χ2n) is 3.73. The van der Waals surface area contributed by atoms with E-state index in [9.17, 15) is 17.2 Å². The number of pyridine rings is 1. The number of aromatic nitrogens is 1. The van der Waals surface area contributed by atoms with E-state index in [1.807, 2.05) is 0 Å². The van der Waals surface area contributed by atoms with Crippen LogP contribution in [0.1, 0.15) is 0 Å². The molecule has 20 heavy (non-hydrogen) atoms. The van der Waals surface area contributed by atoms with Crippen molar-refractivity contribution in [3.05, 3.63) is 48.2 Å². The Morgan fingerprint density at radius 1 is 1.15 bits per heavy atom. The molecule has 0 fully saturated rings. The summed E-state index contributed by atoms with van der Waals surface area (Å²) >= 11 is 0. The van der Waals surface area contributed by atoms with Crippen LogP contribution < -0.4 is 16.0 Å². The number of nitrogen functional groups attached to an aromatic ring is 1. The molecule has 0 amide bonds. The van der Waals surface area contributed by atoms with Crippen LogP contribution in [0.5, 0.6) is 0 Å². The lowest BCUT2D eigenvalue weighted by Gasteiger charge is -2.10. The third-order valence-corrected chi connectivity index (χ3v) is 3.69. The van der Waals surface area contributed by atoms with Gasteiger partial charge in [0.1, 0.15) is 0 Å². The van der Waals surface area contributed by atoms with Crippen LogP contribution in [0.2, 0.25) is 0 Å². The summed E-state index contributed by atoms with van der Waals surface area (Å²) in [6, 6.07) is 5.53. The number of nitrogens with two attached hydrogens (primary N) is 1. The normalized spacial score (nSPS) is 11.2. The first-order valence-electron chi connectivity index (χ1n) is 5.33. The molecule has 0 aliphatic carbocycles. The first-order valence-corrected chi connectivity index (χ1v) is 6.82. The van der Waals surface area contributed by atoms with Gasteiger partial charge < -0.3 is 5.43 Å². The van der Waals surface area contributed by atoms with Gasteiger partial charge in [0.15, 0.2) is 11.6 Å². The van der Waals surface area contributed by atoms with Crippen LogP contribution in [0.4, 0.5) is 20.2 Å². The van der Waals surface area contributed by atoms with E-state index < -0.39 is 21.7 Å². The topological polar surface area (TPSA) is 97.1 Å². The highest BCUT2D eigenvalue weighted by Gasteiger charge is 2.20. The van der Waals surface area contributed by atoms with Crippen molar-refractivity contribution in [2.24, 2.45) is 5.84 Å². The number of anilines is 2. The van der Waals surface area contributed by atoms with Crippen molar-refractivity contribution in [1.82, 2.24) is 4.98 Å². The Hall–Kier alpha value is -2.26. The minimum Gasteiger partial charge on any atom is -0.321 e. The fourth-order valence-corrected chi connectivity index (χ4v) is 2.63. The van der Waals surface area contributed by atoms with E-state index in [4.69, 9.17) is 5.84 Å². The Morgan fingerprint density at radius 2 is 1.90 bits per heavy atom. The van der Waals surface area contributed by atoms with Crippen LogP contribution in [-0.2, 0) is 10.0 Å². The highest BCUT2D eigenvalue weighted by molar-refractivity contribution is 7.92. The number of hydrogen-bond donors (Lipinski definition) is 3. The lowest BCUT2D eigenvalue weighted by atomic mass is 10.3. The van der Waals surface area contributed by atoms with Crippen molar-refractivity contribution in [1.29, 1.82) is 0 Å². The lowest BCUT2D eigenvalue weighted by molar-refractivity contribution is 0.509. The predicted octanol–water partition coefficient (Wildman–Crippen LogP) is 1.45. The Balaban J connectivity index is 2.38. The number of halogens is 2. The third-order valence-electron chi connectivity index (χ3n) is 2.35. The summed E-state index contributed by atoms with van der Waals surface area (Å²) in [5.74, 6) is 2.96. The predicted molar refractivity (Wildman–Crippen MR) is 69.2 cm³/mol. The first kappa shape index (κ1) is 14.2. The third kappa shape index (κ3) is 2.83. The molecule has 0 saturated heterocycles. The van der Waals surface area contributed by atoms with Gasteiger partial charge >= 0.3 is 0 Å². The van der Waals surface area contributed by atoms with Gasteiger partial charge in [-0.2, -0.15) is 8.42 Å². The second kappa shape index (κ2) is 5.39. The second-order valence-corrected chi connectivity index (χ2v) is 5.33. The van der Waals surface area contributed by atoms with Crippen LogP contribution >= 0.6 is 0 Å². The van der Waals surface area contributed by atoms with Crippen LogP contribution in [0.15, 0.2) is 41.6 Å². The quantitative estimate of drug-likeness (QED) is 0.586. The highest BCUT2D eigenvalue weighted by atomic mass is 32.2. The van der Waals surface area contributed by atoms with Crippen LogP contribution in [0.25, 0.3) is 0 Å². The molecular weight excluding hydrogens is 290 g/mol. The van der Waals surface area contributed by atoms with E-state index in [2.05, 4.69) is 15.1 Å². The van der Waals surface area contributed by atoms with Crippen molar-refractivity contribution < 1.29 is 17.2 Å². The summed E-state index contributed by atoms with van der Waals surface area (Å²) in [5, 5.41) is -0.354. The monoisotopic (exact) mass is 300 g/mol. The van der Waals surface area contributed by atoms with Gasteiger partial charge in [0, 0.05) is 12.3 Å². The molecule has 106 valence electrons. The molecule has 6 nitrogen and oxygen atoms in total. The van der Waals surface area contributed by atoms with Crippen LogP contribution in [0.3, 0.4) is 0 Å². The lowest BCUT2D eigenvalue weighted by Crippen LogP contribution is -2.19. The zero-order valence-corrected chi connectivity index (χ0v) is 10.8. The summed E-state index contributed by atoms with van der Waals surface area (Å²) in [7, 11) is -4.08. The summed E-state index contributed by atoms with van der Waals surface area (Å²) in [6.07, 6.45) is 1.26. The van der Waals surface area contributed by atoms with Crippen molar-refractivity contribution in [3.8, 4) is 0 Å². The molecular formula is C11H10F2N4O2S. The van der Waals surface area contributed by atoms with Gasteiger partial charge in [0.25, 0.3) is 10.0 Å². The van der Waals surface area contributed by atoms with E-state index in [-0.39, 0.29) is 16.4 Å². The van der Waals surface area contributed by atoms with Crippen LogP contribution in [0, 0.1) is 11.6 Å². The van der Waals surface area contributed by atoms with Gasteiger partial charge in [0.05, 0.1) is 11.4 Å². The molecule has 0 unspecified atom stereocenters. The Bertz CT molecular complexity index is 737. The number of hydrazine groups is 1. The molecule has 2 aromatic rings. The smallest absolute Gasteiger partial charge is 0.281 e. The molecule has 0 atom stereocenters. The highest BCUT2D eigenvalue weighted by Crippen LogP contribution is 2.21. The molecule has 0 spiro atoms. The summed E-state index contributed by atoms with van der Waals surface area (Å²) < 4.78 is 52.1. The molecule has 0 aliphatic heterocycles. The minimum atomic E-state index is -4.08. The van der Waals surface area contributed by atoms with Gasteiger partial charge in [-0.3, -0.25) is 10.6 Å². The molecule has 0 radical (unpaired) electrons. The fourth-order valence-electron chi connectivity index (χ4n) is 1.48. The van der Waals surface area contributed by atoms with Crippen molar-refractivity contribution in [2.45, 2.75) is 5.03 Å². The maximum atomic E-state index is 13.0. The maximum Gasteiger partial charge on any atom is 0.281 e. The first-order chi connectivity index (χ1) is 9.44. The summed E-state index contributed by atoms with van der Waals surface area (Å²) in [5.41, 5.74) is 2.14. The van der Waals surface area contributed by atoms with E-state index in [0.29, 0.717) is 0 Å². The van der Waals surface area contributed by atoms with E-state index in [1.165, 1.54) is 18.3 Å². The van der Waals surface area contributed by atoms with Gasteiger partial charge in [-0.05, 0) is 24.3 Å². The number of hydrogen-bond acceptors (Lipinski definition) is 5. The number of rotatable bonds is 4. The Kier molecular flexibility index (Phi) is 3.81. The molecule has 4 N–H and O–H groups in total. The molecule has 0 saturated carbocycles. The summed E-state index contributed by atoms with van der Waals surface area (Å²) in [6.45, 7) is 0. The van der Waals surface area contributed by atoms with Gasteiger partial charge in [-0.25, -0.2) is 13.8 Å². The average Bonchev–Trinajstić information content (AvgIpc) is 2.42. The molecule has 1 aromatic carbocycles. The molecule has 2 rings (SSSR count). The maximum absolute atomic E-state index is 13.0. The van der Waals surface area contributed by atoms with E-state index in [1.54, 1.807) is 0 Å². The van der Waals surface area contributed by atoms with Crippen molar-refractivity contribution in [2.75, 3.05) is 10.1 Å². The van der Waals surface area contributed by atoms with Gasteiger partial charge in [-0.15, -0.1) is 0 Å². The molecule has 0 bridgehead atoms. The zero-order chi connectivity index (χ0) is 14.8. The van der Waals surface area contributed by atoms with Gasteiger partial charge in [0.2, 0.25) is 5.03 Å². The standard InChI is InChI=1S/C11H10F2N4O2S/c12-8-4-3-7(6-9(8)13)17-20(18,19)11-10(16-14)2-1-5-15-11/h1-6,16-17H,14H2. The molecule has 1 aromatic heterocycles.